The Bertz CT molecular complexity index is 1300. The molecule has 3 N–H and O–H groups in total. The average Bonchev–Trinajstić information content (AvgIpc) is 3.16. The fourth-order valence-electron chi connectivity index (χ4n) is 3.34. The summed E-state index contributed by atoms with van der Waals surface area (Å²) in [6, 6.07) is 8.37. The lowest BCUT2D eigenvalue weighted by atomic mass is 10.0. The number of benzene rings is 2. The van der Waals surface area contributed by atoms with Crippen LogP contribution in [0.2, 0.25) is 0 Å². The van der Waals surface area contributed by atoms with Gasteiger partial charge in [-0.2, -0.15) is 0 Å². The van der Waals surface area contributed by atoms with Crippen molar-refractivity contribution in [2.24, 2.45) is 0 Å². The summed E-state index contributed by atoms with van der Waals surface area (Å²) in [4.78, 5) is 31.8. The Hall–Kier alpha value is -3.68. The first-order chi connectivity index (χ1) is 13.8. The molecule has 2 heterocycles. The molecule has 0 aliphatic rings. The molecule has 1 atom stereocenters. The maximum absolute atomic E-state index is 13.8. The molecule has 0 saturated carbocycles. The number of hydrogen-bond acceptors (Lipinski definition) is 2. The third kappa shape index (κ3) is 3.33. The second kappa shape index (κ2) is 7.05. The molecule has 0 fully saturated rings. The molecule has 6 nitrogen and oxygen atoms in total. The largest absolute Gasteiger partial charge is 0.361 e. The van der Waals surface area contributed by atoms with E-state index in [1.807, 2.05) is 24.4 Å². The Morgan fingerprint density at radius 1 is 1.07 bits per heavy atom. The van der Waals surface area contributed by atoms with Gasteiger partial charge in [0.25, 0.3) is 5.56 Å². The maximum atomic E-state index is 13.8. The lowest BCUT2D eigenvalue weighted by Crippen LogP contribution is -2.34. The molecule has 4 aromatic rings. The van der Waals surface area contributed by atoms with Crippen molar-refractivity contribution in [3.63, 3.8) is 0 Å². The van der Waals surface area contributed by atoms with Gasteiger partial charge in [0.1, 0.15) is 0 Å². The summed E-state index contributed by atoms with van der Waals surface area (Å²) in [5.74, 6) is -2.15. The van der Waals surface area contributed by atoms with Crippen LogP contribution in [0.4, 0.5) is 19.3 Å². The molecule has 0 radical (unpaired) electrons. The highest BCUT2D eigenvalue weighted by atomic mass is 19.2. The number of pyridine rings is 1. The number of rotatable bonds is 3. The minimum absolute atomic E-state index is 0.0271. The van der Waals surface area contributed by atoms with E-state index in [4.69, 9.17) is 0 Å². The number of nitrogens with one attached hydrogen (secondary N) is 3. The number of nitrogens with zero attached hydrogens (tertiary/aromatic N) is 1. The lowest BCUT2D eigenvalue weighted by Gasteiger charge is -2.26. The standard InChI is InChI=1S/C21H18F2N4O2/c1-11(16-10-25-20(28)15-9-18(23)17(22)8-14(15)16)27(2)21(29)26-13-4-3-12-5-6-24-19(12)7-13/h3-11,24H,1-2H3,(H,25,28)(H,26,29)/t11-/m0/s1. The molecular formula is C21H18F2N4O2. The van der Waals surface area contributed by atoms with Gasteiger partial charge in [0.05, 0.1) is 11.4 Å². The first kappa shape index (κ1) is 18.7. The summed E-state index contributed by atoms with van der Waals surface area (Å²) in [6.07, 6.45) is 3.23. The Morgan fingerprint density at radius 2 is 1.79 bits per heavy atom. The first-order valence-corrected chi connectivity index (χ1v) is 8.96. The number of hydrogen-bond donors (Lipinski definition) is 3. The van der Waals surface area contributed by atoms with Crippen molar-refractivity contribution in [2.45, 2.75) is 13.0 Å². The summed E-state index contributed by atoms with van der Waals surface area (Å²) in [5.41, 5.74) is 1.48. The molecule has 0 saturated heterocycles. The first-order valence-electron chi connectivity index (χ1n) is 8.96. The number of urea groups is 1. The average molecular weight is 396 g/mol. The van der Waals surface area contributed by atoms with Crippen LogP contribution >= 0.6 is 0 Å². The van der Waals surface area contributed by atoms with Crippen LogP contribution in [-0.4, -0.2) is 27.9 Å². The molecule has 4 rings (SSSR count). The third-order valence-corrected chi connectivity index (χ3v) is 5.13. The van der Waals surface area contributed by atoms with Gasteiger partial charge in [0, 0.05) is 30.6 Å². The second-order valence-electron chi connectivity index (χ2n) is 6.88. The van der Waals surface area contributed by atoms with Gasteiger partial charge in [0.15, 0.2) is 11.6 Å². The number of carbonyl (C=O) groups is 1. The van der Waals surface area contributed by atoms with Crippen LogP contribution in [0.25, 0.3) is 21.7 Å². The Morgan fingerprint density at radius 3 is 2.55 bits per heavy atom. The van der Waals surface area contributed by atoms with Crippen molar-refractivity contribution in [3.8, 4) is 0 Å². The quantitative estimate of drug-likeness (QED) is 0.476. The van der Waals surface area contributed by atoms with E-state index in [9.17, 15) is 18.4 Å². The highest BCUT2D eigenvalue weighted by molar-refractivity contribution is 5.93. The number of amides is 2. The fourth-order valence-corrected chi connectivity index (χ4v) is 3.34. The van der Waals surface area contributed by atoms with E-state index in [0.717, 1.165) is 23.0 Å². The molecule has 148 valence electrons. The molecule has 0 bridgehead atoms. The number of halogens is 2. The van der Waals surface area contributed by atoms with Gasteiger partial charge < -0.3 is 20.2 Å². The van der Waals surface area contributed by atoms with Crippen molar-refractivity contribution >= 4 is 33.4 Å². The summed E-state index contributed by atoms with van der Waals surface area (Å²) < 4.78 is 27.4. The Kier molecular flexibility index (Phi) is 4.54. The normalized spacial score (nSPS) is 12.3. The van der Waals surface area contributed by atoms with E-state index >= 15 is 0 Å². The molecular weight excluding hydrogens is 378 g/mol. The minimum Gasteiger partial charge on any atom is -0.361 e. The van der Waals surface area contributed by atoms with Crippen LogP contribution in [0.15, 0.2) is 53.6 Å². The zero-order chi connectivity index (χ0) is 20.7. The van der Waals surface area contributed by atoms with Crippen molar-refractivity contribution < 1.29 is 13.6 Å². The number of aromatic amines is 2. The van der Waals surface area contributed by atoms with Crippen molar-refractivity contribution in [1.82, 2.24) is 14.9 Å². The Balaban J connectivity index is 1.64. The molecule has 8 heteroatoms. The highest BCUT2D eigenvalue weighted by Gasteiger charge is 2.21. The van der Waals surface area contributed by atoms with Gasteiger partial charge in [0.2, 0.25) is 0 Å². The zero-order valence-corrected chi connectivity index (χ0v) is 15.7. The summed E-state index contributed by atoms with van der Waals surface area (Å²) in [5, 5.41) is 4.13. The predicted octanol–water partition coefficient (Wildman–Crippen LogP) is 4.51. The van der Waals surface area contributed by atoms with Crippen LogP contribution < -0.4 is 10.9 Å². The van der Waals surface area contributed by atoms with Crippen LogP contribution in [-0.2, 0) is 0 Å². The topological polar surface area (TPSA) is 81.0 Å². The molecule has 2 aromatic heterocycles. The van der Waals surface area contributed by atoms with Crippen LogP contribution in [0.5, 0.6) is 0 Å². The van der Waals surface area contributed by atoms with E-state index in [-0.39, 0.29) is 16.8 Å². The number of anilines is 1. The number of aromatic nitrogens is 2. The summed E-state index contributed by atoms with van der Waals surface area (Å²) >= 11 is 0. The van der Waals surface area contributed by atoms with Gasteiger partial charge in [-0.3, -0.25) is 4.79 Å². The molecule has 0 unspecified atom stereocenters. The van der Waals surface area contributed by atoms with E-state index in [0.29, 0.717) is 11.3 Å². The molecule has 0 aliphatic heterocycles. The van der Waals surface area contributed by atoms with Crippen molar-refractivity contribution in [2.75, 3.05) is 12.4 Å². The summed E-state index contributed by atoms with van der Waals surface area (Å²) in [7, 11) is 1.59. The van der Waals surface area contributed by atoms with Gasteiger partial charge in [-0.1, -0.05) is 6.07 Å². The SMILES string of the molecule is C[C@@H](c1c[nH]c(=O)c2cc(F)c(F)cc12)N(C)C(=O)Nc1ccc2cc[nH]c2c1. The molecule has 0 spiro atoms. The third-order valence-electron chi connectivity index (χ3n) is 5.13. The van der Waals surface area contributed by atoms with Gasteiger partial charge >= 0.3 is 6.03 Å². The van der Waals surface area contributed by atoms with E-state index < -0.39 is 23.2 Å². The van der Waals surface area contributed by atoms with Crippen LogP contribution in [0, 0.1) is 11.6 Å². The Labute approximate surface area is 164 Å². The van der Waals surface area contributed by atoms with E-state index in [1.54, 1.807) is 20.0 Å². The van der Waals surface area contributed by atoms with Crippen molar-refractivity contribution in [1.29, 1.82) is 0 Å². The highest BCUT2D eigenvalue weighted by Crippen LogP contribution is 2.27. The minimum atomic E-state index is -1.10. The molecule has 2 aromatic carbocycles. The van der Waals surface area contributed by atoms with Gasteiger partial charge in [-0.15, -0.1) is 0 Å². The van der Waals surface area contributed by atoms with Crippen LogP contribution in [0.1, 0.15) is 18.5 Å². The van der Waals surface area contributed by atoms with Crippen LogP contribution in [0.3, 0.4) is 0 Å². The second-order valence-corrected chi connectivity index (χ2v) is 6.88. The van der Waals surface area contributed by atoms with Gasteiger partial charge in [-0.05, 0) is 53.6 Å². The van der Waals surface area contributed by atoms with Gasteiger partial charge in [-0.25, -0.2) is 13.6 Å². The lowest BCUT2D eigenvalue weighted by molar-refractivity contribution is 0.208. The molecule has 0 aliphatic carbocycles. The number of fused-ring (bicyclic) bond motifs is 2. The predicted molar refractivity (Wildman–Crippen MR) is 108 cm³/mol. The zero-order valence-electron chi connectivity index (χ0n) is 15.7. The molecule has 2 amide bonds. The summed E-state index contributed by atoms with van der Waals surface area (Å²) in [6.45, 7) is 1.74. The smallest absolute Gasteiger partial charge is 0.322 e. The fraction of sp³-hybridized carbons (Fsp3) is 0.143. The number of H-pyrrole nitrogens is 2. The number of carbonyl (C=O) groups excluding carboxylic acids is 1. The molecule has 29 heavy (non-hydrogen) atoms. The van der Waals surface area contributed by atoms with E-state index in [1.165, 1.54) is 11.1 Å². The maximum Gasteiger partial charge on any atom is 0.322 e. The monoisotopic (exact) mass is 396 g/mol. The van der Waals surface area contributed by atoms with E-state index in [2.05, 4.69) is 15.3 Å². The van der Waals surface area contributed by atoms with Crippen molar-refractivity contribution in [3.05, 3.63) is 76.3 Å².